The molecule has 13 heavy (non-hydrogen) atoms. The van der Waals surface area contributed by atoms with Gasteiger partial charge in [0.05, 0.1) is 12.7 Å². The zero-order valence-electron chi connectivity index (χ0n) is 7.54. The summed E-state index contributed by atoms with van der Waals surface area (Å²) in [6, 6.07) is 0. The Hall–Kier alpha value is -1.25. The number of furan rings is 1. The van der Waals surface area contributed by atoms with E-state index < -0.39 is 5.97 Å². The highest BCUT2D eigenvalue weighted by Crippen LogP contribution is 2.43. The predicted octanol–water partition coefficient (Wildman–Crippen LogP) is 2.09. The highest BCUT2D eigenvalue weighted by molar-refractivity contribution is 5.71. The smallest absolute Gasteiger partial charge is 0.307 e. The molecule has 3 nitrogen and oxygen atoms in total. The fourth-order valence-corrected chi connectivity index (χ4v) is 1.61. The minimum atomic E-state index is -0.786. The van der Waals surface area contributed by atoms with Gasteiger partial charge < -0.3 is 9.52 Å². The number of carboxylic acids is 1. The van der Waals surface area contributed by atoms with Crippen LogP contribution >= 0.6 is 0 Å². The summed E-state index contributed by atoms with van der Waals surface area (Å²) in [5, 5.41) is 8.69. The number of aliphatic carboxylic acids is 1. The molecule has 1 aliphatic rings. The Labute approximate surface area is 76.4 Å². The molecule has 1 aromatic heterocycles. The van der Waals surface area contributed by atoms with Gasteiger partial charge in [-0.2, -0.15) is 0 Å². The van der Waals surface area contributed by atoms with Crippen molar-refractivity contribution in [1.82, 2.24) is 0 Å². The van der Waals surface area contributed by atoms with Crippen LogP contribution in [0.25, 0.3) is 0 Å². The summed E-state index contributed by atoms with van der Waals surface area (Å²) in [7, 11) is 0. The van der Waals surface area contributed by atoms with E-state index >= 15 is 0 Å². The summed E-state index contributed by atoms with van der Waals surface area (Å²) in [4.78, 5) is 10.6. The van der Waals surface area contributed by atoms with Crippen LogP contribution in [-0.2, 0) is 11.2 Å². The summed E-state index contributed by atoms with van der Waals surface area (Å²) in [5.74, 6) is 0.530. The van der Waals surface area contributed by atoms with Crippen molar-refractivity contribution in [3.63, 3.8) is 0 Å². The first-order valence-electron chi connectivity index (χ1n) is 4.47. The Bertz CT molecular complexity index is 334. The third-order valence-electron chi connectivity index (χ3n) is 2.48. The lowest BCUT2D eigenvalue weighted by Crippen LogP contribution is -2.02. The van der Waals surface area contributed by atoms with Crippen molar-refractivity contribution in [3.8, 4) is 0 Å². The fourth-order valence-electron chi connectivity index (χ4n) is 1.61. The first-order chi connectivity index (χ1) is 6.18. The number of carboxylic acid groups (broad SMARTS) is 1. The van der Waals surface area contributed by atoms with Gasteiger partial charge >= 0.3 is 5.97 Å². The second-order valence-electron chi connectivity index (χ2n) is 3.57. The lowest BCUT2D eigenvalue weighted by molar-refractivity contribution is -0.136. The number of hydrogen-bond donors (Lipinski definition) is 1. The second kappa shape index (κ2) is 2.91. The van der Waals surface area contributed by atoms with Crippen LogP contribution in [0.1, 0.15) is 35.6 Å². The molecular formula is C10H12O3. The molecule has 0 spiro atoms. The van der Waals surface area contributed by atoms with E-state index in [1.165, 1.54) is 12.8 Å². The van der Waals surface area contributed by atoms with Gasteiger partial charge in [-0.1, -0.05) is 0 Å². The Balaban J connectivity index is 2.28. The van der Waals surface area contributed by atoms with Gasteiger partial charge in [0.1, 0.15) is 5.76 Å². The molecule has 0 saturated heterocycles. The van der Waals surface area contributed by atoms with Crippen molar-refractivity contribution in [2.45, 2.75) is 32.1 Å². The highest BCUT2D eigenvalue weighted by Gasteiger charge is 2.29. The standard InChI is InChI=1S/C10H12O3/c1-6-8(4-10(11)12)9(5-13-6)7-2-3-7/h5,7H,2-4H2,1H3,(H,11,12). The molecular weight excluding hydrogens is 168 g/mol. The minimum Gasteiger partial charge on any atom is -0.481 e. The van der Waals surface area contributed by atoms with E-state index in [0.717, 1.165) is 16.9 Å². The van der Waals surface area contributed by atoms with E-state index in [2.05, 4.69) is 0 Å². The largest absolute Gasteiger partial charge is 0.481 e. The van der Waals surface area contributed by atoms with Crippen molar-refractivity contribution >= 4 is 5.97 Å². The second-order valence-corrected chi connectivity index (χ2v) is 3.57. The Morgan fingerprint density at radius 1 is 1.69 bits per heavy atom. The molecule has 0 aliphatic heterocycles. The summed E-state index contributed by atoms with van der Waals surface area (Å²) < 4.78 is 5.23. The van der Waals surface area contributed by atoms with Crippen molar-refractivity contribution in [2.24, 2.45) is 0 Å². The molecule has 1 fully saturated rings. The van der Waals surface area contributed by atoms with Crippen molar-refractivity contribution in [3.05, 3.63) is 23.2 Å². The van der Waals surface area contributed by atoms with Crippen LogP contribution in [0.4, 0.5) is 0 Å². The topological polar surface area (TPSA) is 50.4 Å². The van der Waals surface area contributed by atoms with Crippen molar-refractivity contribution in [1.29, 1.82) is 0 Å². The first kappa shape index (κ1) is 8.35. The number of hydrogen-bond acceptors (Lipinski definition) is 2. The molecule has 0 unspecified atom stereocenters. The quantitative estimate of drug-likeness (QED) is 0.774. The van der Waals surface area contributed by atoms with Gasteiger partial charge in [-0.15, -0.1) is 0 Å². The maximum atomic E-state index is 10.6. The van der Waals surface area contributed by atoms with Gasteiger partial charge in [0.15, 0.2) is 0 Å². The molecule has 0 amide bonds. The SMILES string of the molecule is Cc1occ(C2CC2)c1CC(=O)O. The number of aryl methyl sites for hydroxylation is 1. The Morgan fingerprint density at radius 3 is 2.92 bits per heavy atom. The number of carbonyl (C=O) groups is 1. The average Bonchev–Trinajstić information content (AvgIpc) is 2.81. The predicted molar refractivity (Wildman–Crippen MR) is 46.8 cm³/mol. The number of rotatable bonds is 3. The molecule has 0 atom stereocenters. The average molecular weight is 180 g/mol. The molecule has 3 heteroatoms. The van der Waals surface area contributed by atoms with Crippen LogP contribution in [-0.4, -0.2) is 11.1 Å². The summed E-state index contributed by atoms with van der Waals surface area (Å²) >= 11 is 0. The van der Waals surface area contributed by atoms with Crippen LogP contribution < -0.4 is 0 Å². The van der Waals surface area contributed by atoms with Crippen LogP contribution in [0.15, 0.2) is 10.7 Å². The third kappa shape index (κ3) is 1.59. The first-order valence-corrected chi connectivity index (χ1v) is 4.47. The van der Waals surface area contributed by atoms with E-state index in [9.17, 15) is 4.79 Å². The van der Waals surface area contributed by atoms with Gasteiger partial charge in [0, 0.05) is 5.56 Å². The normalized spacial score (nSPS) is 16.1. The molecule has 0 bridgehead atoms. The van der Waals surface area contributed by atoms with Crippen LogP contribution in [0.5, 0.6) is 0 Å². The van der Waals surface area contributed by atoms with Crippen LogP contribution in [0, 0.1) is 6.92 Å². The molecule has 2 rings (SSSR count). The van der Waals surface area contributed by atoms with E-state index in [1.54, 1.807) is 6.26 Å². The van der Waals surface area contributed by atoms with Gasteiger partial charge in [-0.25, -0.2) is 0 Å². The molecule has 1 aliphatic carbocycles. The fraction of sp³-hybridized carbons (Fsp3) is 0.500. The van der Waals surface area contributed by atoms with Gasteiger partial charge in [-0.05, 0) is 31.2 Å². The van der Waals surface area contributed by atoms with E-state index in [4.69, 9.17) is 9.52 Å². The van der Waals surface area contributed by atoms with Gasteiger partial charge in [0.25, 0.3) is 0 Å². The van der Waals surface area contributed by atoms with Gasteiger partial charge in [0.2, 0.25) is 0 Å². The maximum absolute atomic E-state index is 10.6. The molecule has 0 radical (unpaired) electrons. The molecule has 1 saturated carbocycles. The summed E-state index contributed by atoms with van der Waals surface area (Å²) in [6.45, 7) is 1.82. The zero-order valence-corrected chi connectivity index (χ0v) is 7.54. The van der Waals surface area contributed by atoms with E-state index in [-0.39, 0.29) is 6.42 Å². The summed E-state index contributed by atoms with van der Waals surface area (Å²) in [6.07, 6.45) is 4.15. The zero-order chi connectivity index (χ0) is 9.42. The monoisotopic (exact) mass is 180 g/mol. The maximum Gasteiger partial charge on any atom is 0.307 e. The highest BCUT2D eigenvalue weighted by atomic mass is 16.4. The van der Waals surface area contributed by atoms with Crippen molar-refractivity contribution in [2.75, 3.05) is 0 Å². The lowest BCUT2D eigenvalue weighted by atomic mass is 10.0. The molecule has 1 aromatic rings. The van der Waals surface area contributed by atoms with Crippen LogP contribution in [0.2, 0.25) is 0 Å². The van der Waals surface area contributed by atoms with Crippen LogP contribution in [0.3, 0.4) is 0 Å². The van der Waals surface area contributed by atoms with E-state index in [1.807, 2.05) is 6.92 Å². The van der Waals surface area contributed by atoms with Gasteiger partial charge in [-0.3, -0.25) is 4.79 Å². The molecule has 0 aromatic carbocycles. The third-order valence-corrected chi connectivity index (χ3v) is 2.48. The summed E-state index contributed by atoms with van der Waals surface area (Å²) in [5.41, 5.74) is 2.00. The Morgan fingerprint density at radius 2 is 2.38 bits per heavy atom. The minimum absolute atomic E-state index is 0.0914. The molecule has 1 heterocycles. The van der Waals surface area contributed by atoms with E-state index in [0.29, 0.717) is 5.92 Å². The molecule has 1 N–H and O–H groups in total. The molecule has 70 valence electrons. The lowest BCUT2D eigenvalue weighted by Gasteiger charge is -1.98. The van der Waals surface area contributed by atoms with Crippen molar-refractivity contribution < 1.29 is 14.3 Å². The Kier molecular flexibility index (Phi) is 1.87.